The first kappa shape index (κ1) is 16.2. The molecule has 0 aromatic heterocycles. The quantitative estimate of drug-likeness (QED) is 0.718. The summed E-state index contributed by atoms with van der Waals surface area (Å²) in [4.78, 5) is 2.44. The van der Waals surface area contributed by atoms with E-state index in [2.05, 4.69) is 36.2 Å². The van der Waals surface area contributed by atoms with Crippen molar-refractivity contribution in [3.8, 4) is 0 Å². The van der Waals surface area contributed by atoms with Gasteiger partial charge in [-0.15, -0.1) is 0 Å². The second-order valence-electron chi connectivity index (χ2n) is 5.04. The maximum Gasteiger partial charge on any atom is 0.0678 e. The first-order valence-electron chi connectivity index (χ1n) is 7.30. The predicted octanol–water partition coefficient (Wildman–Crippen LogP) is 2.22. The van der Waals surface area contributed by atoms with Crippen molar-refractivity contribution in [3.05, 3.63) is 35.9 Å². The largest absolute Gasteiger partial charge is 0.394 e. The summed E-state index contributed by atoms with van der Waals surface area (Å²) in [6.45, 7) is 7.71. The van der Waals surface area contributed by atoms with Crippen LogP contribution in [0.15, 0.2) is 30.3 Å². The molecular weight excluding hydrogens is 236 g/mol. The summed E-state index contributed by atoms with van der Waals surface area (Å²) < 4.78 is 0. The summed E-state index contributed by atoms with van der Waals surface area (Å²) in [7, 11) is 1.93. The molecule has 0 fully saturated rings. The normalized spacial score (nSPS) is 14.6. The molecule has 2 N–H and O–H groups in total. The molecule has 0 aliphatic rings. The summed E-state index contributed by atoms with van der Waals surface area (Å²) in [6, 6.07) is 10.2. The van der Waals surface area contributed by atoms with E-state index in [9.17, 15) is 5.11 Å². The molecule has 0 heterocycles. The molecule has 1 atom stereocenters. The van der Waals surface area contributed by atoms with Gasteiger partial charge in [0.15, 0.2) is 0 Å². The highest BCUT2D eigenvalue weighted by Gasteiger charge is 2.29. The van der Waals surface area contributed by atoms with Gasteiger partial charge >= 0.3 is 0 Å². The minimum absolute atomic E-state index is 0.122. The van der Waals surface area contributed by atoms with Gasteiger partial charge in [-0.3, -0.25) is 0 Å². The average molecular weight is 264 g/mol. The van der Waals surface area contributed by atoms with Gasteiger partial charge in [-0.05, 0) is 38.5 Å². The van der Waals surface area contributed by atoms with Gasteiger partial charge in [0.05, 0.1) is 12.1 Å². The van der Waals surface area contributed by atoms with Crippen LogP contribution in [0.25, 0.3) is 0 Å². The molecule has 0 aliphatic heterocycles. The minimum Gasteiger partial charge on any atom is -0.394 e. The Morgan fingerprint density at radius 1 is 1.16 bits per heavy atom. The Balaban J connectivity index is 2.77. The van der Waals surface area contributed by atoms with E-state index in [1.54, 1.807) is 0 Å². The highest BCUT2D eigenvalue weighted by Crippen LogP contribution is 2.24. The summed E-state index contributed by atoms with van der Waals surface area (Å²) in [5.41, 5.74) is 0.829. The van der Waals surface area contributed by atoms with Gasteiger partial charge in [0.1, 0.15) is 0 Å². The van der Waals surface area contributed by atoms with E-state index in [1.807, 2.05) is 25.2 Å². The third-order valence-electron chi connectivity index (χ3n) is 3.92. The lowest BCUT2D eigenvalue weighted by Crippen LogP contribution is -2.46. The molecule has 0 spiro atoms. The summed E-state index contributed by atoms with van der Waals surface area (Å²) >= 11 is 0. The van der Waals surface area contributed by atoms with E-state index < -0.39 is 0 Å². The zero-order valence-corrected chi connectivity index (χ0v) is 12.5. The Kier molecular flexibility index (Phi) is 7.06. The second kappa shape index (κ2) is 8.31. The topological polar surface area (TPSA) is 35.5 Å². The van der Waals surface area contributed by atoms with E-state index in [4.69, 9.17) is 0 Å². The molecule has 108 valence electrons. The zero-order valence-electron chi connectivity index (χ0n) is 12.5. The molecule has 0 aliphatic carbocycles. The predicted molar refractivity (Wildman–Crippen MR) is 81.3 cm³/mol. The fourth-order valence-electron chi connectivity index (χ4n) is 2.51. The van der Waals surface area contributed by atoms with Crippen molar-refractivity contribution in [3.63, 3.8) is 0 Å². The van der Waals surface area contributed by atoms with Crippen molar-refractivity contribution >= 4 is 0 Å². The Hall–Kier alpha value is -0.900. The molecule has 1 rings (SSSR count). The maximum atomic E-state index is 9.86. The van der Waals surface area contributed by atoms with Gasteiger partial charge in [0, 0.05) is 6.54 Å². The Bertz CT molecular complexity index is 336. The van der Waals surface area contributed by atoms with Crippen LogP contribution in [0.5, 0.6) is 0 Å². The fourth-order valence-corrected chi connectivity index (χ4v) is 2.51. The van der Waals surface area contributed by atoms with Crippen LogP contribution in [0.2, 0.25) is 0 Å². The third kappa shape index (κ3) is 4.30. The number of aliphatic hydroxyl groups excluding tert-OH is 1. The van der Waals surface area contributed by atoms with Gasteiger partial charge in [-0.25, -0.2) is 0 Å². The maximum absolute atomic E-state index is 9.86. The van der Waals surface area contributed by atoms with Gasteiger partial charge < -0.3 is 15.3 Å². The SMILES string of the molecule is CCCN(CC)CCC(CO)(NC)c1ccccc1. The Morgan fingerprint density at radius 3 is 2.32 bits per heavy atom. The lowest BCUT2D eigenvalue weighted by atomic mass is 9.87. The minimum atomic E-state index is -0.331. The number of nitrogens with one attached hydrogen (secondary N) is 1. The van der Waals surface area contributed by atoms with Crippen LogP contribution in [0.4, 0.5) is 0 Å². The van der Waals surface area contributed by atoms with Crippen LogP contribution >= 0.6 is 0 Å². The van der Waals surface area contributed by atoms with Crippen LogP contribution < -0.4 is 5.32 Å². The highest BCUT2D eigenvalue weighted by atomic mass is 16.3. The number of rotatable bonds is 9. The van der Waals surface area contributed by atoms with Crippen molar-refractivity contribution in [1.29, 1.82) is 0 Å². The van der Waals surface area contributed by atoms with E-state index in [1.165, 1.54) is 6.42 Å². The first-order valence-corrected chi connectivity index (χ1v) is 7.30. The van der Waals surface area contributed by atoms with Crippen LogP contribution in [-0.4, -0.2) is 43.3 Å². The fraction of sp³-hybridized carbons (Fsp3) is 0.625. The van der Waals surface area contributed by atoms with Crippen molar-refractivity contribution < 1.29 is 5.11 Å². The molecule has 0 bridgehead atoms. The highest BCUT2D eigenvalue weighted by molar-refractivity contribution is 5.24. The van der Waals surface area contributed by atoms with Crippen molar-refractivity contribution in [1.82, 2.24) is 10.2 Å². The molecule has 1 aromatic carbocycles. The number of hydrogen-bond acceptors (Lipinski definition) is 3. The average Bonchev–Trinajstić information content (AvgIpc) is 2.48. The molecule has 3 nitrogen and oxygen atoms in total. The van der Waals surface area contributed by atoms with Crippen molar-refractivity contribution in [2.75, 3.05) is 33.3 Å². The first-order chi connectivity index (χ1) is 9.22. The Morgan fingerprint density at radius 2 is 1.84 bits per heavy atom. The lowest BCUT2D eigenvalue weighted by Gasteiger charge is -2.34. The molecule has 19 heavy (non-hydrogen) atoms. The van der Waals surface area contributed by atoms with Crippen molar-refractivity contribution in [2.24, 2.45) is 0 Å². The number of benzene rings is 1. The van der Waals surface area contributed by atoms with Gasteiger partial charge in [-0.2, -0.15) is 0 Å². The van der Waals surface area contributed by atoms with Crippen LogP contribution in [0.1, 0.15) is 32.3 Å². The van der Waals surface area contributed by atoms with Crippen molar-refractivity contribution in [2.45, 2.75) is 32.2 Å². The summed E-state index contributed by atoms with van der Waals surface area (Å²) in [5, 5.41) is 13.2. The van der Waals surface area contributed by atoms with E-state index >= 15 is 0 Å². The molecule has 0 amide bonds. The van der Waals surface area contributed by atoms with E-state index in [0.717, 1.165) is 31.6 Å². The van der Waals surface area contributed by atoms with Crippen LogP contribution in [0, 0.1) is 0 Å². The number of likely N-dealkylation sites (N-methyl/N-ethyl adjacent to an activating group) is 1. The molecule has 0 saturated carbocycles. The van der Waals surface area contributed by atoms with E-state index in [-0.39, 0.29) is 12.1 Å². The molecule has 1 aromatic rings. The smallest absolute Gasteiger partial charge is 0.0678 e. The second-order valence-corrected chi connectivity index (χ2v) is 5.04. The van der Waals surface area contributed by atoms with Gasteiger partial charge in [-0.1, -0.05) is 44.2 Å². The van der Waals surface area contributed by atoms with Crippen LogP contribution in [-0.2, 0) is 5.54 Å². The summed E-state index contributed by atoms with van der Waals surface area (Å²) in [5.74, 6) is 0. The molecule has 0 radical (unpaired) electrons. The number of aliphatic hydroxyl groups is 1. The molecular formula is C16H28N2O. The lowest BCUT2D eigenvalue weighted by molar-refractivity contribution is 0.139. The monoisotopic (exact) mass is 264 g/mol. The molecule has 1 unspecified atom stereocenters. The summed E-state index contributed by atoms with van der Waals surface area (Å²) in [6.07, 6.45) is 2.09. The molecule has 3 heteroatoms. The number of hydrogen-bond donors (Lipinski definition) is 2. The zero-order chi connectivity index (χ0) is 14.1. The van der Waals surface area contributed by atoms with E-state index in [0.29, 0.717) is 0 Å². The van der Waals surface area contributed by atoms with Gasteiger partial charge in [0.2, 0.25) is 0 Å². The standard InChI is InChI=1S/C16H28N2O/c1-4-12-18(5-2)13-11-16(14-19,17-3)15-9-7-6-8-10-15/h6-10,17,19H,4-5,11-14H2,1-3H3. The van der Waals surface area contributed by atoms with Crippen LogP contribution in [0.3, 0.4) is 0 Å². The third-order valence-corrected chi connectivity index (χ3v) is 3.92. The number of nitrogens with zero attached hydrogens (tertiary/aromatic N) is 1. The van der Waals surface area contributed by atoms with Gasteiger partial charge in [0.25, 0.3) is 0 Å². The molecule has 0 saturated heterocycles. The Labute approximate surface area is 117 Å².